The second-order valence-corrected chi connectivity index (χ2v) is 5.42. The lowest BCUT2D eigenvalue weighted by molar-refractivity contribution is 0.340. The Kier molecular flexibility index (Phi) is 3.96. The van der Waals surface area contributed by atoms with Crippen LogP contribution in [-0.2, 0) is 0 Å². The van der Waals surface area contributed by atoms with Gasteiger partial charge in [-0.05, 0) is 62.7 Å². The number of hydrogen-bond acceptors (Lipinski definition) is 3. The summed E-state index contributed by atoms with van der Waals surface area (Å²) in [5, 5.41) is 4.57. The van der Waals surface area contributed by atoms with Crippen LogP contribution in [0.2, 0.25) is 0 Å². The van der Waals surface area contributed by atoms with Gasteiger partial charge in [0.25, 0.3) is 0 Å². The van der Waals surface area contributed by atoms with Gasteiger partial charge in [0, 0.05) is 22.5 Å². The van der Waals surface area contributed by atoms with Crippen LogP contribution in [0.15, 0.2) is 48.5 Å². The van der Waals surface area contributed by atoms with E-state index in [4.69, 9.17) is 4.74 Å². The van der Waals surface area contributed by atoms with E-state index in [1.807, 2.05) is 32.0 Å². The monoisotopic (exact) mass is 292 g/mol. The predicted octanol–water partition coefficient (Wildman–Crippen LogP) is 4.99. The van der Waals surface area contributed by atoms with Crippen molar-refractivity contribution in [3.63, 3.8) is 0 Å². The number of benzene rings is 2. The molecule has 0 saturated heterocycles. The number of aryl methyl sites for hydroxylation is 2. The number of aromatic nitrogens is 1. The van der Waals surface area contributed by atoms with Crippen molar-refractivity contribution in [2.24, 2.45) is 0 Å². The molecule has 0 aliphatic heterocycles. The fourth-order valence-electron chi connectivity index (χ4n) is 2.58. The number of nitrogens with zero attached hydrogens (tertiary/aromatic N) is 1. The molecule has 0 spiro atoms. The van der Waals surface area contributed by atoms with E-state index >= 15 is 0 Å². The molecule has 22 heavy (non-hydrogen) atoms. The van der Waals surface area contributed by atoms with Crippen LogP contribution in [0.1, 0.15) is 18.2 Å². The van der Waals surface area contributed by atoms with E-state index in [-0.39, 0.29) is 0 Å². The molecule has 0 radical (unpaired) electrons. The maximum Gasteiger partial charge on any atom is 0.120 e. The zero-order valence-corrected chi connectivity index (χ0v) is 13.2. The molecule has 112 valence electrons. The molecule has 0 aliphatic carbocycles. The molecule has 1 N–H and O–H groups in total. The van der Waals surface area contributed by atoms with Gasteiger partial charge in [-0.15, -0.1) is 0 Å². The lowest BCUT2D eigenvalue weighted by Gasteiger charge is -2.12. The molecule has 0 atom stereocenters. The van der Waals surface area contributed by atoms with Gasteiger partial charge in [0.05, 0.1) is 12.1 Å². The van der Waals surface area contributed by atoms with Gasteiger partial charge in [0.2, 0.25) is 0 Å². The topological polar surface area (TPSA) is 34.1 Å². The summed E-state index contributed by atoms with van der Waals surface area (Å²) in [5.41, 5.74) is 5.32. The Hall–Kier alpha value is -2.55. The molecule has 1 heterocycles. The molecule has 3 heteroatoms. The van der Waals surface area contributed by atoms with Gasteiger partial charge in [-0.1, -0.05) is 12.1 Å². The lowest BCUT2D eigenvalue weighted by atomic mass is 10.1. The minimum Gasteiger partial charge on any atom is -0.494 e. The van der Waals surface area contributed by atoms with Gasteiger partial charge in [-0.3, -0.25) is 4.98 Å². The van der Waals surface area contributed by atoms with Crippen molar-refractivity contribution in [3.8, 4) is 5.75 Å². The largest absolute Gasteiger partial charge is 0.494 e. The normalized spacial score (nSPS) is 10.7. The van der Waals surface area contributed by atoms with Crippen molar-refractivity contribution in [3.05, 3.63) is 59.8 Å². The molecule has 3 nitrogen and oxygen atoms in total. The van der Waals surface area contributed by atoms with Crippen LogP contribution in [0.5, 0.6) is 5.75 Å². The van der Waals surface area contributed by atoms with Crippen LogP contribution in [-0.4, -0.2) is 11.6 Å². The molecule has 0 fully saturated rings. The number of fused-ring (bicyclic) bond motifs is 1. The fourth-order valence-corrected chi connectivity index (χ4v) is 2.58. The minimum atomic E-state index is 0.658. The highest BCUT2D eigenvalue weighted by Crippen LogP contribution is 2.29. The van der Waals surface area contributed by atoms with Crippen LogP contribution in [0.3, 0.4) is 0 Å². The third-order valence-corrected chi connectivity index (χ3v) is 3.52. The summed E-state index contributed by atoms with van der Waals surface area (Å²) in [4.78, 5) is 4.60. The molecule has 0 saturated carbocycles. The van der Waals surface area contributed by atoms with Crippen LogP contribution in [0.25, 0.3) is 10.9 Å². The molecular formula is C19H20N2O. The second-order valence-electron chi connectivity index (χ2n) is 5.42. The summed E-state index contributed by atoms with van der Waals surface area (Å²) in [6, 6.07) is 16.4. The first-order valence-corrected chi connectivity index (χ1v) is 7.53. The number of hydrogen-bond donors (Lipinski definition) is 1. The van der Waals surface area contributed by atoms with Gasteiger partial charge >= 0.3 is 0 Å². The van der Waals surface area contributed by atoms with Crippen molar-refractivity contribution in [1.82, 2.24) is 4.98 Å². The summed E-state index contributed by atoms with van der Waals surface area (Å²) in [6.07, 6.45) is 0. The van der Waals surface area contributed by atoms with Crippen LogP contribution < -0.4 is 10.1 Å². The summed E-state index contributed by atoms with van der Waals surface area (Å²) in [7, 11) is 0. The highest BCUT2D eigenvalue weighted by Gasteiger charge is 2.06. The minimum absolute atomic E-state index is 0.658. The standard InChI is InChI=1S/C19H20N2O/c1-4-22-16-8-9-18-17(12-16)19(11-14(3)20-18)21-15-7-5-6-13(2)10-15/h5-12H,4H2,1-3H3,(H,20,21). The Balaban J connectivity index is 2.08. The van der Waals surface area contributed by atoms with Gasteiger partial charge in [-0.2, -0.15) is 0 Å². The van der Waals surface area contributed by atoms with E-state index in [2.05, 4.69) is 47.6 Å². The molecule has 3 rings (SSSR count). The molecule has 0 bridgehead atoms. The number of rotatable bonds is 4. The smallest absolute Gasteiger partial charge is 0.120 e. The third kappa shape index (κ3) is 3.03. The maximum absolute atomic E-state index is 5.61. The SMILES string of the molecule is CCOc1ccc2nc(C)cc(Nc3cccc(C)c3)c2c1. The van der Waals surface area contributed by atoms with Crippen molar-refractivity contribution in [1.29, 1.82) is 0 Å². The second kappa shape index (κ2) is 6.06. The highest BCUT2D eigenvalue weighted by atomic mass is 16.5. The summed E-state index contributed by atoms with van der Waals surface area (Å²) in [6.45, 7) is 6.75. The van der Waals surface area contributed by atoms with E-state index in [0.717, 1.165) is 33.7 Å². The first-order valence-electron chi connectivity index (χ1n) is 7.53. The van der Waals surface area contributed by atoms with Gasteiger partial charge in [-0.25, -0.2) is 0 Å². The Morgan fingerprint density at radius 2 is 1.91 bits per heavy atom. The van der Waals surface area contributed by atoms with Crippen molar-refractivity contribution < 1.29 is 4.74 Å². The van der Waals surface area contributed by atoms with E-state index in [0.29, 0.717) is 6.61 Å². The van der Waals surface area contributed by atoms with Gasteiger partial charge < -0.3 is 10.1 Å². The average Bonchev–Trinajstić information content (AvgIpc) is 2.48. The fraction of sp³-hybridized carbons (Fsp3) is 0.211. The Morgan fingerprint density at radius 3 is 2.68 bits per heavy atom. The molecular weight excluding hydrogens is 272 g/mol. The Morgan fingerprint density at radius 1 is 1.05 bits per heavy atom. The van der Waals surface area contributed by atoms with E-state index in [1.54, 1.807) is 0 Å². The van der Waals surface area contributed by atoms with Crippen LogP contribution in [0.4, 0.5) is 11.4 Å². The van der Waals surface area contributed by atoms with Crippen molar-refractivity contribution >= 4 is 22.3 Å². The predicted molar refractivity (Wildman–Crippen MR) is 92.1 cm³/mol. The molecule has 0 unspecified atom stereocenters. The third-order valence-electron chi connectivity index (χ3n) is 3.52. The average molecular weight is 292 g/mol. The van der Waals surface area contributed by atoms with E-state index in [9.17, 15) is 0 Å². The van der Waals surface area contributed by atoms with E-state index in [1.165, 1.54) is 5.56 Å². The van der Waals surface area contributed by atoms with Crippen molar-refractivity contribution in [2.75, 3.05) is 11.9 Å². The molecule has 2 aromatic carbocycles. The number of pyridine rings is 1. The number of nitrogens with one attached hydrogen (secondary N) is 1. The summed E-state index contributed by atoms with van der Waals surface area (Å²) < 4.78 is 5.61. The van der Waals surface area contributed by atoms with Crippen LogP contribution >= 0.6 is 0 Å². The van der Waals surface area contributed by atoms with Crippen LogP contribution in [0, 0.1) is 13.8 Å². The first-order chi connectivity index (χ1) is 10.7. The van der Waals surface area contributed by atoms with Crippen molar-refractivity contribution in [2.45, 2.75) is 20.8 Å². The molecule has 0 amide bonds. The first kappa shape index (κ1) is 14.4. The Bertz CT molecular complexity index is 812. The maximum atomic E-state index is 5.61. The molecule has 0 aliphatic rings. The number of anilines is 2. The number of ether oxygens (including phenoxy) is 1. The zero-order valence-electron chi connectivity index (χ0n) is 13.2. The lowest BCUT2D eigenvalue weighted by Crippen LogP contribution is -1.96. The van der Waals surface area contributed by atoms with Gasteiger partial charge in [0.15, 0.2) is 0 Å². The van der Waals surface area contributed by atoms with E-state index < -0.39 is 0 Å². The molecule has 3 aromatic rings. The highest BCUT2D eigenvalue weighted by molar-refractivity contribution is 5.94. The summed E-state index contributed by atoms with van der Waals surface area (Å²) >= 11 is 0. The van der Waals surface area contributed by atoms with Gasteiger partial charge in [0.1, 0.15) is 5.75 Å². The quantitative estimate of drug-likeness (QED) is 0.735. The zero-order chi connectivity index (χ0) is 15.5. The molecule has 1 aromatic heterocycles. The Labute approximate surface area is 131 Å². The summed E-state index contributed by atoms with van der Waals surface area (Å²) in [5.74, 6) is 0.868.